The van der Waals surface area contributed by atoms with E-state index in [1.54, 1.807) is 6.07 Å². The first kappa shape index (κ1) is 8.10. The van der Waals surface area contributed by atoms with Crippen molar-refractivity contribution < 1.29 is 12.0 Å². The van der Waals surface area contributed by atoms with Crippen molar-refractivity contribution in [1.29, 1.82) is 0 Å². The van der Waals surface area contributed by atoms with Gasteiger partial charge in [0.2, 0.25) is 0 Å². The Hall–Kier alpha value is -1.08. The van der Waals surface area contributed by atoms with Crippen molar-refractivity contribution in [2.24, 2.45) is 0 Å². The molecule has 0 aliphatic rings. The second-order valence-electron chi connectivity index (χ2n) is 4.27. The van der Waals surface area contributed by atoms with E-state index in [-0.39, 0.29) is 12.2 Å². The van der Waals surface area contributed by atoms with Gasteiger partial charge in [-0.2, -0.15) is 0 Å². The van der Waals surface area contributed by atoms with Gasteiger partial charge in [0, 0.05) is 4.11 Å². The van der Waals surface area contributed by atoms with Crippen LogP contribution in [0.4, 0.5) is 0 Å². The largest absolute Gasteiger partial charge is 0.392 e. The molecule has 0 radical (unpaired) electrons. The van der Waals surface area contributed by atoms with E-state index >= 15 is 0 Å². The molecule has 0 bridgehead atoms. The van der Waals surface area contributed by atoms with Crippen LogP contribution in [0, 0.1) is 0 Å². The van der Waals surface area contributed by atoms with E-state index in [0.29, 0.717) is 11.1 Å². The first-order chi connectivity index (χ1) is 10.3. The summed E-state index contributed by atoms with van der Waals surface area (Å²) in [7, 11) is 0. The van der Waals surface area contributed by atoms with Gasteiger partial charge in [0.25, 0.3) is 0 Å². The van der Waals surface area contributed by atoms with E-state index in [0.717, 1.165) is 36.8 Å². The van der Waals surface area contributed by atoms with E-state index in [4.69, 9.17) is 6.85 Å². The lowest BCUT2D eigenvalue weighted by atomic mass is 9.92. The zero-order valence-electron chi connectivity index (χ0n) is 15.6. The standard InChI is InChI=1S/C16H24O/c1-5-7-8-14-9-15(11-17)16(12(3)4)10-13(14)6-2/h9-10,17H,3,5-8,11H2,1-2,4H3/i3D2,4D3. The maximum atomic E-state index is 9.60. The third-order valence-corrected chi connectivity index (χ3v) is 3.05. The number of unbranched alkanes of at least 4 members (excludes halogenated alkanes) is 1. The van der Waals surface area contributed by atoms with Gasteiger partial charge in [-0.15, -0.1) is 0 Å². The van der Waals surface area contributed by atoms with E-state index in [2.05, 4.69) is 6.92 Å². The molecule has 0 unspecified atom stereocenters. The van der Waals surface area contributed by atoms with Crippen molar-refractivity contribution in [2.75, 3.05) is 0 Å². The van der Waals surface area contributed by atoms with Crippen molar-refractivity contribution in [3.8, 4) is 0 Å². The Morgan fingerprint density at radius 2 is 2.18 bits per heavy atom. The predicted molar refractivity (Wildman–Crippen MR) is 75.1 cm³/mol. The molecule has 0 aliphatic carbocycles. The Morgan fingerprint density at radius 1 is 1.35 bits per heavy atom. The van der Waals surface area contributed by atoms with Crippen molar-refractivity contribution in [3.05, 3.63) is 40.9 Å². The molecule has 1 nitrogen and oxygen atoms in total. The van der Waals surface area contributed by atoms with Crippen LogP contribution in [0.2, 0.25) is 0 Å². The highest BCUT2D eigenvalue weighted by atomic mass is 16.3. The summed E-state index contributed by atoms with van der Waals surface area (Å²) in [5.41, 5.74) is 2.61. The fraction of sp³-hybridized carbons (Fsp3) is 0.500. The molecular formula is C16H24O. The molecule has 0 aromatic heterocycles. The molecule has 0 spiro atoms. The van der Waals surface area contributed by atoms with Crippen molar-refractivity contribution in [2.45, 2.75) is 53.0 Å². The highest BCUT2D eigenvalue weighted by Gasteiger charge is 2.08. The maximum absolute atomic E-state index is 9.60. The Labute approximate surface area is 112 Å². The molecule has 1 heteroatoms. The summed E-state index contributed by atoms with van der Waals surface area (Å²) in [6.45, 7) is 0.533. The molecule has 0 heterocycles. The summed E-state index contributed by atoms with van der Waals surface area (Å²) >= 11 is 0. The van der Waals surface area contributed by atoms with Gasteiger partial charge in [-0.1, -0.05) is 44.5 Å². The van der Waals surface area contributed by atoms with Gasteiger partial charge >= 0.3 is 0 Å². The molecule has 1 aromatic rings. The van der Waals surface area contributed by atoms with Crippen LogP contribution in [0.1, 0.15) is 62.6 Å². The summed E-state index contributed by atoms with van der Waals surface area (Å²) in [5.74, 6) is 0. The van der Waals surface area contributed by atoms with Gasteiger partial charge in [0.05, 0.1) is 9.35 Å². The quantitative estimate of drug-likeness (QED) is 0.789. The van der Waals surface area contributed by atoms with Gasteiger partial charge in [0.1, 0.15) is 0 Å². The molecule has 0 aliphatic heterocycles. The molecule has 94 valence electrons. The highest BCUT2D eigenvalue weighted by Crippen LogP contribution is 2.24. The smallest absolute Gasteiger partial charge is 0.0687 e. The number of aliphatic hydroxyl groups excluding tert-OH is 1. The van der Waals surface area contributed by atoms with Crippen LogP contribution in [0.15, 0.2) is 18.7 Å². The maximum Gasteiger partial charge on any atom is 0.0687 e. The summed E-state index contributed by atoms with van der Waals surface area (Å²) in [5, 5.41) is 9.60. The average molecular weight is 237 g/mol. The minimum atomic E-state index is -2.54. The second kappa shape index (κ2) is 6.61. The van der Waals surface area contributed by atoms with Gasteiger partial charge in [-0.25, -0.2) is 0 Å². The normalized spacial score (nSPS) is 15.4. The van der Waals surface area contributed by atoms with Crippen LogP contribution in [-0.4, -0.2) is 5.11 Å². The zero-order valence-corrected chi connectivity index (χ0v) is 10.6. The lowest BCUT2D eigenvalue weighted by Crippen LogP contribution is -2.00. The van der Waals surface area contributed by atoms with Crippen LogP contribution in [0.3, 0.4) is 0 Å². The van der Waals surface area contributed by atoms with Crippen LogP contribution >= 0.6 is 0 Å². The molecule has 1 rings (SSSR count). The number of hydrogen-bond donors (Lipinski definition) is 1. The molecule has 0 atom stereocenters. The molecule has 0 fully saturated rings. The van der Waals surface area contributed by atoms with Crippen LogP contribution < -0.4 is 0 Å². The Balaban J connectivity index is 3.51. The molecule has 1 N–H and O–H groups in total. The van der Waals surface area contributed by atoms with E-state index in [1.165, 1.54) is 0 Å². The number of benzene rings is 1. The number of allylic oxidation sites excluding steroid dienone is 1. The summed E-state index contributed by atoms with van der Waals surface area (Å²) in [4.78, 5) is 0. The van der Waals surface area contributed by atoms with Crippen LogP contribution in [0.25, 0.3) is 5.57 Å². The molecule has 0 amide bonds. The monoisotopic (exact) mass is 237 g/mol. The average Bonchev–Trinajstić information content (AvgIpc) is 2.43. The minimum Gasteiger partial charge on any atom is -0.392 e. The number of hydrogen-bond acceptors (Lipinski definition) is 1. The lowest BCUT2D eigenvalue weighted by molar-refractivity contribution is 0.281. The third-order valence-electron chi connectivity index (χ3n) is 3.05. The molecule has 17 heavy (non-hydrogen) atoms. The Bertz CT molecular complexity index is 542. The highest BCUT2D eigenvalue weighted by molar-refractivity contribution is 5.66. The van der Waals surface area contributed by atoms with Crippen molar-refractivity contribution in [3.63, 3.8) is 0 Å². The number of aryl methyl sites for hydroxylation is 2. The van der Waals surface area contributed by atoms with Gasteiger partial charge in [-0.3, -0.25) is 0 Å². The number of aliphatic hydroxyl groups is 1. The predicted octanol–water partition coefficient (Wildman–Crippen LogP) is 4.12. The lowest BCUT2D eigenvalue weighted by Gasteiger charge is -2.14. The molecule has 1 aromatic carbocycles. The van der Waals surface area contributed by atoms with Gasteiger partial charge in [0.15, 0.2) is 0 Å². The minimum absolute atomic E-state index is 0.298. The second-order valence-corrected chi connectivity index (χ2v) is 4.27. The summed E-state index contributed by atoms with van der Waals surface area (Å²) < 4.78 is 37.7. The van der Waals surface area contributed by atoms with E-state index in [9.17, 15) is 5.11 Å². The van der Waals surface area contributed by atoms with Crippen molar-refractivity contribution in [1.82, 2.24) is 0 Å². The Kier molecular flexibility index (Phi) is 3.15. The van der Waals surface area contributed by atoms with E-state index < -0.39 is 13.4 Å². The van der Waals surface area contributed by atoms with Crippen LogP contribution in [-0.2, 0) is 19.4 Å². The van der Waals surface area contributed by atoms with Gasteiger partial charge < -0.3 is 5.11 Å². The SMILES string of the molecule is [2H]C([2H])=C(c1cc(CC)c(CCCC)cc1CO)C([2H])([2H])[2H]. The topological polar surface area (TPSA) is 20.2 Å². The number of rotatable bonds is 6. The molecule has 0 saturated heterocycles. The zero-order chi connectivity index (χ0) is 16.9. The first-order valence-electron chi connectivity index (χ1n) is 8.70. The fourth-order valence-electron chi connectivity index (χ4n) is 2.03. The third kappa shape index (κ3) is 3.44. The Morgan fingerprint density at radius 3 is 2.71 bits per heavy atom. The van der Waals surface area contributed by atoms with E-state index in [1.807, 2.05) is 13.0 Å². The molecular weight excluding hydrogens is 208 g/mol. The summed E-state index contributed by atoms with van der Waals surface area (Å²) in [6, 6.07) is 3.57. The first-order valence-corrected chi connectivity index (χ1v) is 6.20. The summed E-state index contributed by atoms with van der Waals surface area (Å²) in [6.07, 6.45) is 3.72. The van der Waals surface area contributed by atoms with Crippen LogP contribution in [0.5, 0.6) is 0 Å². The fourth-order valence-corrected chi connectivity index (χ4v) is 2.03. The van der Waals surface area contributed by atoms with Crippen molar-refractivity contribution >= 4 is 5.57 Å². The van der Waals surface area contributed by atoms with Gasteiger partial charge in [-0.05, 0) is 48.4 Å². The molecule has 0 saturated carbocycles.